The van der Waals surface area contributed by atoms with E-state index >= 15 is 0 Å². The summed E-state index contributed by atoms with van der Waals surface area (Å²) in [7, 11) is 0. The lowest BCUT2D eigenvalue weighted by Gasteiger charge is -2.35. The molecular weight excluding hydrogens is 496 g/mol. The van der Waals surface area contributed by atoms with Crippen LogP contribution in [0.15, 0.2) is 34.5 Å². The Morgan fingerprint density at radius 2 is 1.64 bits per heavy atom. The summed E-state index contributed by atoms with van der Waals surface area (Å²) in [5.41, 5.74) is -0.938. The zero-order valence-electron chi connectivity index (χ0n) is 19.0. The molecule has 15 heteroatoms. The predicted octanol–water partition coefficient (Wildman–Crippen LogP) is 3.40. The molecule has 36 heavy (non-hydrogen) atoms. The number of hydrogen-bond acceptors (Lipinski definition) is 7. The van der Waals surface area contributed by atoms with Crippen LogP contribution in [0.25, 0.3) is 0 Å². The number of likely N-dealkylation sites (tertiary alicyclic amines) is 1. The molecule has 0 N–H and O–H groups in total. The van der Waals surface area contributed by atoms with Crippen LogP contribution in [0, 0.1) is 5.92 Å². The van der Waals surface area contributed by atoms with E-state index in [1.54, 1.807) is 14.7 Å². The van der Waals surface area contributed by atoms with Crippen LogP contribution in [0.2, 0.25) is 0 Å². The maximum absolute atomic E-state index is 13.1. The summed E-state index contributed by atoms with van der Waals surface area (Å²) in [6.45, 7) is 1.84. The van der Waals surface area contributed by atoms with Crippen molar-refractivity contribution in [2.45, 2.75) is 44.1 Å². The van der Waals surface area contributed by atoms with Crippen LogP contribution in [0.5, 0.6) is 0 Å². The summed E-state index contributed by atoms with van der Waals surface area (Å²) in [6, 6.07) is -0.205. The largest absolute Gasteiger partial charge is 0.419 e. The van der Waals surface area contributed by atoms with Crippen LogP contribution >= 0.6 is 0 Å². The molecule has 196 valence electrons. The first kappa shape index (κ1) is 25.8. The average molecular weight is 519 g/mol. The maximum atomic E-state index is 13.1. The number of piperazine rings is 1. The van der Waals surface area contributed by atoms with E-state index in [9.17, 15) is 35.9 Å². The molecule has 1 aromatic heterocycles. The molecule has 4 rings (SSSR count). The minimum Gasteiger partial charge on any atom is -0.352 e. The van der Waals surface area contributed by atoms with Gasteiger partial charge in [-0.15, -0.1) is 10.2 Å². The molecule has 4 heterocycles. The van der Waals surface area contributed by atoms with Crippen LogP contribution in [0.4, 0.5) is 32.3 Å². The molecular formula is C21H23F6N7O2. The Morgan fingerprint density at radius 1 is 0.972 bits per heavy atom. The number of carbonyl (C=O) groups is 2. The van der Waals surface area contributed by atoms with Crippen LogP contribution < -0.4 is 4.90 Å². The number of hydrogen-bond donors (Lipinski definition) is 0. The van der Waals surface area contributed by atoms with Crippen LogP contribution in [0.1, 0.15) is 31.2 Å². The number of aromatic nitrogens is 2. The molecule has 0 spiro atoms. The molecule has 1 unspecified atom stereocenters. The standard InChI is InChI=1S/C21H23F6N7O2/c22-20(23,24)13-11-28-19(29-12-13)33-8-6-32(7-9-33)17(35)4-3-14-2-1-5-34(14)16-10-15(21(25,26)27)18(36)31-30-16/h10-12,14-15H,1-9H2/t14-,15?/m1/s1. The van der Waals surface area contributed by atoms with Crippen LogP contribution in [0.3, 0.4) is 0 Å². The summed E-state index contributed by atoms with van der Waals surface area (Å²) in [5.74, 6) is -3.65. The SMILES string of the molecule is O=C1N=NC(N2CCC[C@@H]2CCC(=O)N2CCN(c3ncc(C(F)(F)F)cn3)CC2)=CC1C(F)(F)F. The molecule has 2 saturated heterocycles. The van der Waals surface area contributed by atoms with Crippen molar-refractivity contribution in [3.63, 3.8) is 0 Å². The van der Waals surface area contributed by atoms with E-state index in [0.29, 0.717) is 52.0 Å². The molecule has 3 aliphatic heterocycles. The Bertz CT molecular complexity index is 1030. The first-order valence-corrected chi connectivity index (χ1v) is 11.4. The zero-order valence-corrected chi connectivity index (χ0v) is 19.0. The highest BCUT2D eigenvalue weighted by Crippen LogP contribution is 2.35. The fraction of sp³-hybridized carbons (Fsp3) is 0.619. The predicted molar refractivity (Wildman–Crippen MR) is 112 cm³/mol. The molecule has 2 amide bonds. The van der Waals surface area contributed by atoms with Gasteiger partial charge in [-0.1, -0.05) is 0 Å². The third kappa shape index (κ3) is 5.75. The molecule has 1 aromatic rings. The van der Waals surface area contributed by atoms with E-state index < -0.39 is 29.7 Å². The fourth-order valence-corrected chi connectivity index (χ4v) is 4.48. The van der Waals surface area contributed by atoms with Crippen molar-refractivity contribution < 1.29 is 35.9 Å². The van der Waals surface area contributed by atoms with Gasteiger partial charge in [-0.05, 0) is 25.3 Å². The number of rotatable bonds is 5. The second kappa shape index (κ2) is 10.0. The maximum Gasteiger partial charge on any atom is 0.419 e. The lowest BCUT2D eigenvalue weighted by atomic mass is 10.1. The molecule has 0 bridgehead atoms. The van der Waals surface area contributed by atoms with E-state index in [4.69, 9.17) is 0 Å². The Balaban J connectivity index is 1.29. The van der Waals surface area contributed by atoms with Gasteiger partial charge in [0, 0.05) is 57.6 Å². The van der Waals surface area contributed by atoms with Gasteiger partial charge in [-0.2, -0.15) is 26.3 Å². The number of alkyl halides is 6. The highest BCUT2D eigenvalue weighted by Gasteiger charge is 2.46. The third-order valence-electron chi connectivity index (χ3n) is 6.43. The highest BCUT2D eigenvalue weighted by molar-refractivity contribution is 5.82. The summed E-state index contributed by atoms with van der Waals surface area (Å²) in [4.78, 5) is 36.8. The van der Waals surface area contributed by atoms with Crippen molar-refractivity contribution >= 4 is 17.8 Å². The number of halogens is 6. The Hall–Kier alpha value is -3.26. The normalized spacial score (nSPS) is 23.3. The fourth-order valence-electron chi connectivity index (χ4n) is 4.48. The second-order valence-corrected chi connectivity index (χ2v) is 8.75. The lowest BCUT2D eigenvalue weighted by molar-refractivity contribution is -0.171. The van der Waals surface area contributed by atoms with Gasteiger partial charge in [-0.25, -0.2) is 9.97 Å². The van der Waals surface area contributed by atoms with Crippen molar-refractivity contribution in [1.82, 2.24) is 19.8 Å². The summed E-state index contributed by atoms with van der Waals surface area (Å²) < 4.78 is 77.4. The number of nitrogens with zero attached hydrogens (tertiary/aromatic N) is 7. The van der Waals surface area contributed by atoms with Crippen molar-refractivity contribution in [1.29, 1.82) is 0 Å². The van der Waals surface area contributed by atoms with Gasteiger partial charge < -0.3 is 14.7 Å². The Morgan fingerprint density at radius 3 is 2.25 bits per heavy atom. The topological polar surface area (TPSA) is 94.4 Å². The number of carbonyl (C=O) groups excluding carboxylic acids is 2. The van der Waals surface area contributed by atoms with Gasteiger partial charge in [0.1, 0.15) is 5.82 Å². The van der Waals surface area contributed by atoms with E-state index in [1.165, 1.54) is 0 Å². The van der Waals surface area contributed by atoms with Gasteiger partial charge in [0.25, 0.3) is 5.91 Å². The van der Waals surface area contributed by atoms with E-state index in [-0.39, 0.29) is 30.1 Å². The molecule has 2 atom stereocenters. The number of anilines is 1. The summed E-state index contributed by atoms with van der Waals surface area (Å²) in [5, 5.41) is 6.83. The molecule has 2 fully saturated rings. The molecule has 9 nitrogen and oxygen atoms in total. The summed E-state index contributed by atoms with van der Waals surface area (Å²) in [6.07, 6.45) is -5.08. The van der Waals surface area contributed by atoms with Crippen LogP contribution in [-0.4, -0.2) is 76.5 Å². The molecule has 0 aromatic carbocycles. The van der Waals surface area contributed by atoms with Crippen LogP contribution in [-0.2, 0) is 15.8 Å². The monoisotopic (exact) mass is 519 g/mol. The molecule has 0 radical (unpaired) electrons. The van der Waals surface area contributed by atoms with Crippen molar-refractivity contribution in [3.05, 3.63) is 29.9 Å². The van der Waals surface area contributed by atoms with Gasteiger partial charge >= 0.3 is 12.4 Å². The van der Waals surface area contributed by atoms with Crippen molar-refractivity contribution in [2.75, 3.05) is 37.6 Å². The van der Waals surface area contributed by atoms with Crippen molar-refractivity contribution in [2.24, 2.45) is 16.1 Å². The first-order valence-electron chi connectivity index (χ1n) is 11.4. The minimum absolute atomic E-state index is 0.00275. The minimum atomic E-state index is -4.75. The molecule has 0 saturated carbocycles. The van der Waals surface area contributed by atoms with Gasteiger partial charge in [-0.3, -0.25) is 9.59 Å². The number of azo groups is 1. The first-order chi connectivity index (χ1) is 16.9. The summed E-state index contributed by atoms with van der Waals surface area (Å²) >= 11 is 0. The quantitative estimate of drug-likeness (QED) is 0.554. The second-order valence-electron chi connectivity index (χ2n) is 8.75. The Labute approximate surface area is 201 Å². The van der Waals surface area contributed by atoms with E-state index in [0.717, 1.165) is 18.5 Å². The molecule has 3 aliphatic rings. The zero-order chi connectivity index (χ0) is 26.1. The number of amides is 2. The van der Waals surface area contributed by atoms with E-state index in [1.807, 2.05) is 0 Å². The smallest absolute Gasteiger partial charge is 0.352 e. The lowest BCUT2D eigenvalue weighted by Crippen LogP contribution is -2.49. The van der Waals surface area contributed by atoms with Gasteiger partial charge in [0.2, 0.25) is 11.9 Å². The molecule has 0 aliphatic carbocycles. The van der Waals surface area contributed by atoms with E-state index in [2.05, 4.69) is 20.2 Å². The van der Waals surface area contributed by atoms with Gasteiger partial charge in [0.15, 0.2) is 5.92 Å². The third-order valence-corrected chi connectivity index (χ3v) is 6.43. The Kier molecular flexibility index (Phi) is 7.18. The average Bonchev–Trinajstić information content (AvgIpc) is 3.30. The van der Waals surface area contributed by atoms with Gasteiger partial charge in [0.05, 0.1) is 5.56 Å². The van der Waals surface area contributed by atoms with Crippen molar-refractivity contribution in [3.8, 4) is 0 Å². The highest BCUT2D eigenvalue weighted by atomic mass is 19.4.